The SMILES string of the molecule is CC(C)(C)[Si](C)(C)OCC[C@@]12C=C[C@@H](O1)c1c2c(O)n(-c2ccc(C#N)c(C(F)(F)F)c2)c1O. The van der Waals surface area contributed by atoms with Gasteiger partial charge in [0.1, 0.15) is 11.7 Å². The van der Waals surface area contributed by atoms with Crippen molar-refractivity contribution in [1.82, 2.24) is 4.57 Å². The molecule has 2 aromatic rings. The summed E-state index contributed by atoms with van der Waals surface area (Å²) in [5, 5.41) is 31.1. The number of halogens is 3. The van der Waals surface area contributed by atoms with Crippen molar-refractivity contribution in [2.24, 2.45) is 0 Å². The zero-order valence-corrected chi connectivity index (χ0v) is 20.6. The first-order valence-electron chi connectivity index (χ1n) is 10.9. The second kappa shape index (κ2) is 7.63. The molecule has 1 aromatic heterocycles. The molecule has 34 heavy (non-hydrogen) atoms. The minimum Gasteiger partial charge on any atom is -0.494 e. The molecule has 0 radical (unpaired) electrons. The lowest BCUT2D eigenvalue weighted by molar-refractivity contribution is -0.137. The van der Waals surface area contributed by atoms with E-state index in [4.69, 9.17) is 14.4 Å². The fraction of sp³-hybridized carbons (Fsp3) is 0.458. The van der Waals surface area contributed by atoms with Gasteiger partial charge in [-0.3, -0.25) is 4.57 Å². The minimum absolute atomic E-state index is 0.00985. The number of nitrogens with zero attached hydrogens (tertiary/aromatic N) is 2. The number of aromatic hydroxyl groups is 2. The second-order valence-electron chi connectivity index (χ2n) is 10.3. The quantitative estimate of drug-likeness (QED) is 0.393. The van der Waals surface area contributed by atoms with Gasteiger partial charge in [-0.1, -0.05) is 26.8 Å². The average Bonchev–Trinajstić information content (AvgIpc) is 3.36. The first kappa shape index (κ1) is 24.4. The van der Waals surface area contributed by atoms with E-state index in [0.717, 1.165) is 16.7 Å². The third-order valence-electron chi connectivity index (χ3n) is 7.17. The van der Waals surface area contributed by atoms with Crippen molar-refractivity contribution in [3.63, 3.8) is 0 Å². The Bertz CT molecular complexity index is 1220. The normalized spacial score (nSPS) is 21.7. The van der Waals surface area contributed by atoms with Crippen molar-refractivity contribution in [2.45, 2.75) is 63.2 Å². The highest BCUT2D eigenvalue weighted by molar-refractivity contribution is 6.74. The highest BCUT2D eigenvalue weighted by Gasteiger charge is 2.53. The van der Waals surface area contributed by atoms with Gasteiger partial charge >= 0.3 is 6.18 Å². The van der Waals surface area contributed by atoms with Crippen LogP contribution in [0, 0.1) is 11.3 Å². The summed E-state index contributed by atoms with van der Waals surface area (Å²) >= 11 is 0. The summed E-state index contributed by atoms with van der Waals surface area (Å²) in [6.07, 6.45) is -1.46. The van der Waals surface area contributed by atoms with E-state index < -0.39 is 49.1 Å². The number of nitriles is 1. The summed E-state index contributed by atoms with van der Waals surface area (Å²) in [6.45, 7) is 11.0. The van der Waals surface area contributed by atoms with Crippen LogP contribution in [0.1, 0.15) is 55.5 Å². The molecular weight excluding hydrogens is 465 g/mol. The summed E-state index contributed by atoms with van der Waals surface area (Å²) in [7, 11) is -2.04. The van der Waals surface area contributed by atoms with E-state index in [-0.39, 0.29) is 10.7 Å². The highest BCUT2D eigenvalue weighted by atomic mass is 28.4. The van der Waals surface area contributed by atoms with Gasteiger partial charge in [0, 0.05) is 13.0 Å². The molecular formula is C24H27F3N2O4Si. The summed E-state index contributed by atoms with van der Waals surface area (Å²) < 4.78 is 53.8. The molecule has 0 amide bonds. The molecule has 4 rings (SSSR count). The lowest BCUT2D eigenvalue weighted by atomic mass is 9.87. The molecule has 0 saturated heterocycles. The molecule has 0 saturated carbocycles. The van der Waals surface area contributed by atoms with Gasteiger partial charge in [-0.05, 0) is 42.4 Å². The van der Waals surface area contributed by atoms with Gasteiger partial charge in [-0.25, -0.2) is 0 Å². The molecule has 0 spiro atoms. The summed E-state index contributed by atoms with van der Waals surface area (Å²) in [5.41, 5.74) is -2.19. The summed E-state index contributed by atoms with van der Waals surface area (Å²) in [4.78, 5) is 0. The van der Waals surface area contributed by atoms with Gasteiger partial charge in [0.25, 0.3) is 0 Å². The molecule has 6 nitrogen and oxygen atoms in total. The number of ether oxygens (including phenoxy) is 1. The van der Waals surface area contributed by atoms with Crippen LogP contribution in [0.3, 0.4) is 0 Å². The van der Waals surface area contributed by atoms with Crippen LogP contribution >= 0.6 is 0 Å². The number of fused-ring (bicyclic) bond motifs is 5. The van der Waals surface area contributed by atoms with E-state index in [1.165, 1.54) is 12.1 Å². The molecule has 182 valence electrons. The molecule has 0 fully saturated rings. The van der Waals surface area contributed by atoms with Crippen LogP contribution in [0.5, 0.6) is 11.8 Å². The van der Waals surface area contributed by atoms with Crippen LogP contribution < -0.4 is 0 Å². The second-order valence-corrected chi connectivity index (χ2v) is 15.1. The highest BCUT2D eigenvalue weighted by Crippen LogP contribution is 2.60. The molecule has 1 aromatic carbocycles. The Labute approximate surface area is 197 Å². The lowest BCUT2D eigenvalue weighted by Crippen LogP contribution is -2.41. The predicted octanol–water partition coefficient (Wildman–Crippen LogP) is 6.03. The van der Waals surface area contributed by atoms with E-state index in [1.807, 2.05) is 0 Å². The number of benzene rings is 1. The van der Waals surface area contributed by atoms with Crippen molar-refractivity contribution in [3.05, 3.63) is 52.6 Å². The van der Waals surface area contributed by atoms with E-state index >= 15 is 0 Å². The lowest BCUT2D eigenvalue weighted by Gasteiger charge is -2.37. The molecule has 2 atom stereocenters. The zero-order chi connectivity index (χ0) is 25.3. The third kappa shape index (κ3) is 3.63. The standard InChI is InChI=1S/C24H27F3N2O4Si/c1-22(2,3)34(4,5)32-11-10-23-9-8-17(33-23)18-19(23)21(31)29(20(18)30)15-7-6-14(13-28)16(12-15)24(25,26)27/h6-9,12,17,30-31H,10-11H2,1-5H3/t17-,23-/m1/s1. The van der Waals surface area contributed by atoms with Gasteiger partial charge in [0.05, 0.1) is 34.0 Å². The fourth-order valence-corrected chi connectivity index (χ4v) is 5.33. The number of alkyl halides is 3. The van der Waals surface area contributed by atoms with Crippen molar-refractivity contribution in [1.29, 1.82) is 5.26 Å². The smallest absolute Gasteiger partial charge is 0.417 e. The number of hydrogen-bond donors (Lipinski definition) is 2. The maximum absolute atomic E-state index is 13.5. The maximum atomic E-state index is 13.5. The monoisotopic (exact) mass is 492 g/mol. The molecule has 3 heterocycles. The molecule has 2 bridgehead atoms. The van der Waals surface area contributed by atoms with Crippen LogP contribution in [0.4, 0.5) is 13.2 Å². The maximum Gasteiger partial charge on any atom is 0.417 e. The van der Waals surface area contributed by atoms with Crippen LogP contribution in [0.25, 0.3) is 5.69 Å². The van der Waals surface area contributed by atoms with Gasteiger partial charge in [0.2, 0.25) is 11.8 Å². The van der Waals surface area contributed by atoms with Crippen molar-refractivity contribution in [2.75, 3.05) is 6.61 Å². The molecule has 10 heteroatoms. The Balaban J connectivity index is 1.72. The van der Waals surface area contributed by atoms with E-state index in [2.05, 4.69) is 33.9 Å². The van der Waals surface area contributed by atoms with Crippen LogP contribution in [0.2, 0.25) is 18.1 Å². The number of aromatic nitrogens is 1. The fourth-order valence-electron chi connectivity index (χ4n) is 4.29. The topological polar surface area (TPSA) is 87.6 Å². The molecule has 0 aliphatic carbocycles. The largest absolute Gasteiger partial charge is 0.494 e. The summed E-state index contributed by atoms with van der Waals surface area (Å²) in [5.74, 6) is -0.795. The molecule has 2 aliphatic rings. The third-order valence-corrected chi connectivity index (χ3v) is 11.7. The molecule has 2 N–H and O–H groups in total. The van der Waals surface area contributed by atoms with Crippen molar-refractivity contribution >= 4 is 8.32 Å². The zero-order valence-electron chi connectivity index (χ0n) is 19.6. The van der Waals surface area contributed by atoms with Gasteiger partial charge in [0.15, 0.2) is 8.32 Å². The van der Waals surface area contributed by atoms with Crippen molar-refractivity contribution in [3.8, 4) is 23.5 Å². The molecule has 2 aliphatic heterocycles. The average molecular weight is 493 g/mol. The van der Waals surface area contributed by atoms with E-state index in [9.17, 15) is 23.4 Å². The van der Waals surface area contributed by atoms with Crippen molar-refractivity contribution < 1.29 is 32.5 Å². The minimum atomic E-state index is -4.77. The van der Waals surface area contributed by atoms with E-state index in [0.29, 0.717) is 24.2 Å². The Morgan fingerprint density at radius 3 is 2.47 bits per heavy atom. The first-order valence-corrected chi connectivity index (χ1v) is 13.8. The Morgan fingerprint density at radius 2 is 1.88 bits per heavy atom. The predicted molar refractivity (Wildman–Crippen MR) is 121 cm³/mol. The number of hydrogen-bond acceptors (Lipinski definition) is 5. The Morgan fingerprint density at radius 1 is 1.21 bits per heavy atom. The first-order chi connectivity index (χ1) is 15.6. The number of rotatable bonds is 5. The molecule has 0 unspecified atom stereocenters. The van der Waals surface area contributed by atoms with Gasteiger partial charge in [-0.2, -0.15) is 18.4 Å². The van der Waals surface area contributed by atoms with Gasteiger partial charge < -0.3 is 19.4 Å². The Hall–Kier alpha value is -2.74. The van der Waals surface area contributed by atoms with Crippen LogP contribution in [-0.2, 0) is 20.9 Å². The van der Waals surface area contributed by atoms with Crippen LogP contribution in [0.15, 0.2) is 30.4 Å². The van der Waals surface area contributed by atoms with E-state index in [1.54, 1.807) is 12.2 Å². The van der Waals surface area contributed by atoms with Gasteiger partial charge in [-0.15, -0.1) is 0 Å². The van der Waals surface area contributed by atoms with Crippen LogP contribution in [-0.4, -0.2) is 29.7 Å². The summed E-state index contributed by atoms with van der Waals surface area (Å²) in [6, 6.07) is 4.55. The Kier molecular flexibility index (Phi) is 5.47.